The Morgan fingerprint density at radius 2 is 2.17 bits per heavy atom. The van der Waals surface area contributed by atoms with Crippen LogP contribution in [0.5, 0.6) is 0 Å². The minimum atomic E-state index is -0.167. The van der Waals surface area contributed by atoms with E-state index in [2.05, 4.69) is 50.9 Å². The lowest BCUT2D eigenvalue weighted by Gasteiger charge is -2.36. The zero-order valence-electron chi connectivity index (χ0n) is 17.1. The number of aromatic nitrogens is 1. The highest BCUT2D eigenvalue weighted by atomic mass is 35.5. The molecule has 0 unspecified atom stereocenters. The number of halogens is 1. The molecule has 1 aromatic carbocycles. The Morgan fingerprint density at radius 1 is 1.33 bits per heavy atom. The highest BCUT2D eigenvalue weighted by Gasteiger charge is 2.29. The lowest BCUT2D eigenvalue weighted by atomic mass is 10.1. The van der Waals surface area contributed by atoms with Crippen LogP contribution in [0.3, 0.4) is 0 Å². The first-order valence-electron chi connectivity index (χ1n) is 10.1. The van der Waals surface area contributed by atoms with Crippen LogP contribution in [-0.2, 0) is 7.05 Å². The number of β-amino-alcohol motifs (C(OH)–C–C–N with tert-alkyl or cyclic N) is 1. The first kappa shape index (κ1) is 19.4. The molecule has 158 valence electrons. The summed E-state index contributed by atoms with van der Waals surface area (Å²) in [5.41, 5.74) is 11.4. The minimum absolute atomic E-state index is 0.167. The Hall–Kier alpha value is -2.52. The third-order valence-corrected chi connectivity index (χ3v) is 6.19. The minimum Gasteiger partial charge on any atom is -0.390 e. The molecule has 8 nitrogen and oxygen atoms in total. The van der Waals surface area contributed by atoms with Crippen LogP contribution in [0, 0.1) is 0 Å². The van der Waals surface area contributed by atoms with E-state index in [1.54, 1.807) is 0 Å². The Morgan fingerprint density at radius 3 is 2.90 bits per heavy atom. The fraction of sp³-hybridized carbons (Fsp3) is 0.381. The van der Waals surface area contributed by atoms with Crippen molar-refractivity contribution in [2.45, 2.75) is 13.0 Å². The quantitative estimate of drug-likeness (QED) is 0.679. The molecule has 3 N–H and O–H groups in total. The molecule has 0 radical (unpaired) electrons. The lowest BCUT2D eigenvalue weighted by molar-refractivity contribution is 0.00808. The van der Waals surface area contributed by atoms with E-state index < -0.39 is 0 Å². The van der Waals surface area contributed by atoms with E-state index in [-0.39, 0.29) is 6.10 Å². The van der Waals surface area contributed by atoms with Crippen LogP contribution >= 0.6 is 11.6 Å². The number of aliphatic hydroxyl groups is 1. The normalized spacial score (nSPS) is 20.3. The number of hydrazine groups is 2. The molecule has 0 bridgehead atoms. The second-order valence-electron chi connectivity index (χ2n) is 8.10. The van der Waals surface area contributed by atoms with Crippen LogP contribution < -0.4 is 10.9 Å². The standard InChI is InChI=1S/C21H26ClN7O/c1-14-15(9-27-10-17(30)11-27)8-24-29(14)21-5-6-28(13-23-21)25-16-3-4-20-18(7-16)19(22)12-26(20)2/h3-5,7,12-13,17,24-25,30H,6,8-11H2,1-2H3. The molecule has 4 heterocycles. The number of fused-ring (bicyclic) bond motifs is 1. The van der Waals surface area contributed by atoms with Crippen molar-refractivity contribution >= 4 is 34.5 Å². The number of hydrogen-bond acceptors (Lipinski definition) is 7. The number of rotatable bonds is 5. The van der Waals surface area contributed by atoms with Gasteiger partial charge in [-0.3, -0.25) is 20.3 Å². The molecule has 5 rings (SSSR count). The maximum atomic E-state index is 9.48. The molecule has 0 spiro atoms. The molecule has 1 fully saturated rings. The zero-order chi connectivity index (χ0) is 20.8. The fourth-order valence-corrected chi connectivity index (χ4v) is 4.45. The first-order chi connectivity index (χ1) is 14.5. The molecule has 0 aliphatic carbocycles. The van der Waals surface area contributed by atoms with Crippen LogP contribution in [0.1, 0.15) is 6.92 Å². The Labute approximate surface area is 180 Å². The van der Waals surface area contributed by atoms with Gasteiger partial charge in [0.15, 0.2) is 0 Å². The molecule has 1 aromatic heterocycles. The van der Waals surface area contributed by atoms with Crippen molar-refractivity contribution in [2.75, 3.05) is 38.1 Å². The van der Waals surface area contributed by atoms with Gasteiger partial charge in [0, 0.05) is 56.0 Å². The third-order valence-electron chi connectivity index (χ3n) is 5.89. The molecule has 0 atom stereocenters. The molecule has 0 amide bonds. The molecule has 2 aromatic rings. The Kier molecular flexibility index (Phi) is 4.94. The number of aryl methyl sites for hydroxylation is 1. The summed E-state index contributed by atoms with van der Waals surface area (Å²) in [6.07, 6.45) is 5.66. The number of allylic oxidation sites excluding steroid dienone is 1. The summed E-state index contributed by atoms with van der Waals surface area (Å²) in [6, 6.07) is 6.16. The van der Waals surface area contributed by atoms with Gasteiger partial charge < -0.3 is 9.67 Å². The average Bonchev–Trinajstić information content (AvgIpc) is 3.21. The Balaban J connectivity index is 1.22. The van der Waals surface area contributed by atoms with Gasteiger partial charge in [-0.05, 0) is 36.8 Å². The topological polar surface area (TPSA) is 71.3 Å². The van der Waals surface area contributed by atoms with E-state index >= 15 is 0 Å². The summed E-state index contributed by atoms with van der Waals surface area (Å²) in [6.45, 7) is 6.03. The van der Waals surface area contributed by atoms with Crippen LogP contribution in [0.4, 0.5) is 5.69 Å². The van der Waals surface area contributed by atoms with Crippen molar-refractivity contribution in [3.8, 4) is 0 Å². The molecule has 30 heavy (non-hydrogen) atoms. The summed E-state index contributed by atoms with van der Waals surface area (Å²) in [5.74, 6) is 0.894. The number of nitrogens with zero attached hydrogens (tertiary/aromatic N) is 5. The number of anilines is 1. The van der Waals surface area contributed by atoms with E-state index in [4.69, 9.17) is 11.6 Å². The number of nitrogens with one attached hydrogen (secondary N) is 2. The van der Waals surface area contributed by atoms with Gasteiger partial charge in [0.05, 0.1) is 23.4 Å². The smallest absolute Gasteiger partial charge is 0.146 e. The molecule has 3 aliphatic rings. The summed E-state index contributed by atoms with van der Waals surface area (Å²) in [5, 5.41) is 15.2. The lowest BCUT2D eigenvalue weighted by Crippen LogP contribution is -2.51. The van der Waals surface area contributed by atoms with Gasteiger partial charge in [0.1, 0.15) is 12.2 Å². The number of aliphatic imine (C=N–C) groups is 1. The van der Waals surface area contributed by atoms with Crippen LogP contribution in [0.2, 0.25) is 5.02 Å². The third kappa shape index (κ3) is 3.56. The number of likely N-dealkylation sites (tertiary alicyclic amines) is 1. The fourth-order valence-electron chi connectivity index (χ4n) is 4.16. The summed E-state index contributed by atoms with van der Waals surface area (Å²) in [4.78, 5) is 6.89. The molecular weight excluding hydrogens is 402 g/mol. The van der Waals surface area contributed by atoms with Gasteiger partial charge in [-0.2, -0.15) is 0 Å². The largest absolute Gasteiger partial charge is 0.390 e. The molecular formula is C21H26ClN7O. The van der Waals surface area contributed by atoms with Crippen molar-refractivity contribution in [3.05, 3.63) is 52.6 Å². The van der Waals surface area contributed by atoms with Crippen LogP contribution in [-0.4, -0.2) is 69.8 Å². The van der Waals surface area contributed by atoms with Gasteiger partial charge in [-0.1, -0.05) is 11.6 Å². The van der Waals surface area contributed by atoms with E-state index in [0.29, 0.717) is 6.54 Å². The van der Waals surface area contributed by atoms with Crippen molar-refractivity contribution in [2.24, 2.45) is 12.0 Å². The van der Waals surface area contributed by atoms with Crippen molar-refractivity contribution < 1.29 is 5.11 Å². The van der Waals surface area contributed by atoms with E-state index in [9.17, 15) is 5.11 Å². The van der Waals surface area contributed by atoms with Gasteiger partial charge >= 0.3 is 0 Å². The first-order valence-corrected chi connectivity index (χ1v) is 10.5. The van der Waals surface area contributed by atoms with Crippen LogP contribution in [0.15, 0.2) is 52.6 Å². The summed E-state index contributed by atoms with van der Waals surface area (Å²) >= 11 is 6.33. The van der Waals surface area contributed by atoms with Crippen molar-refractivity contribution in [1.29, 1.82) is 0 Å². The SMILES string of the molecule is CC1=C(CN2CC(O)C2)CNN1C1=CCN(Nc2ccc3c(c2)c(Cl)cn3C)C=N1. The van der Waals surface area contributed by atoms with E-state index in [1.165, 1.54) is 11.3 Å². The van der Waals surface area contributed by atoms with Gasteiger partial charge in [0.25, 0.3) is 0 Å². The second-order valence-corrected chi connectivity index (χ2v) is 8.51. The maximum Gasteiger partial charge on any atom is 0.146 e. The molecule has 1 saturated heterocycles. The highest BCUT2D eigenvalue weighted by Crippen LogP contribution is 2.28. The number of hydrogen-bond donors (Lipinski definition) is 3. The molecule has 9 heteroatoms. The predicted molar refractivity (Wildman–Crippen MR) is 120 cm³/mol. The van der Waals surface area contributed by atoms with Gasteiger partial charge in [0.2, 0.25) is 0 Å². The monoisotopic (exact) mass is 427 g/mol. The maximum absolute atomic E-state index is 9.48. The van der Waals surface area contributed by atoms with Gasteiger partial charge in [-0.15, -0.1) is 0 Å². The second kappa shape index (κ2) is 7.63. The van der Waals surface area contributed by atoms with Crippen molar-refractivity contribution in [3.63, 3.8) is 0 Å². The van der Waals surface area contributed by atoms with Gasteiger partial charge in [-0.25, -0.2) is 10.4 Å². The zero-order valence-corrected chi connectivity index (χ0v) is 17.9. The van der Waals surface area contributed by atoms with E-state index in [1.807, 2.05) is 35.2 Å². The summed E-state index contributed by atoms with van der Waals surface area (Å²) < 4.78 is 2.02. The van der Waals surface area contributed by atoms with Crippen molar-refractivity contribution in [1.82, 2.24) is 24.9 Å². The number of aliphatic hydroxyl groups excluding tert-OH is 1. The summed E-state index contributed by atoms with van der Waals surface area (Å²) in [7, 11) is 1.99. The average molecular weight is 428 g/mol. The van der Waals surface area contributed by atoms with E-state index in [0.717, 1.165) is 53.6 Å². The predicted octanol–water partition coefficient (Wildman–Crippen LogP) is 2.11. The molecule has 0 saturated carbocycles. The number of benzene rings is 1. The Bertz CT molecular complexity index is 1070. The molecule has 3 aliphatic heterocycles. The highest BCUT2D eigenvalue weighted by molar-refractivity contribution is 6.35. The van der Waals surface area contributed by atoms with Crippen LogP contribution in [0.25, 0.3) is 10.9 Å².